The van der Waals surface area contributed by atoms with Crippen LogP contribution in [0.3, 0.4) is 0 Å². The fourth-order valence-corrected chi connectivity index (χ4v) is 4.23. The van der Waals surface area contributed by atoms with Gasteiger partial charge in [0.15, 0.2) is 5.75 Å². The molecule has 0 amide bonds. The summed E-state index contributed by atoms with van der Waals surface area (Å²) in [4.78, 5) is 6.83. The third-order valence-corrected chi connectivity index (χ3v) is 5.75. The van der Waals surface area contributed by atoms with Crippen molar-refractivity contribution in [1.29, 1.82) is 5.41 Å². The Morgan fingerprint density at radius 1 is 0.968 bits per heavy atom. The average Bonchev–Trinajstić information content (AvgIpc) is 3.28. The first-order valence-corrected chi connectivity index (χ1v) is 10.2. The van der Waals surface area contributed by atoms with Crippen molar-refractivity contribution < 1.29 is 4.74 Å². The molecular formula is C21H16Cl2N7O-. The van der Waals surface area contributed by atoms with Crippen molar-refractivity contribution >= 4 is 72.8 Å². The minimum absolute atomic E-state index is 0.0990. The number of ether oxygens (including phenoxy) is 1. The highest BCUT2D eigenvalue weighted by Gasteiger charge is 2.18. The maximum absolute atomic E-state index is 9.02. The number of nitrogens with zero attached hydrogens (tertiary/aromatic N) is 3. The first-order valence-electron chi connectivity index (χ1n) is 9.40. The van der Waals surface area contributed by atoms with Crippen LogP contribution in [0, 0.1) is 5.41 Å². The number of nitrogens with two attached hydrogens (primary N) is 1. The Balaban J connectivity index is 1.74. The predicted molar refractivity (Wildman–Crippen MR) is 125 cm³/mol. The summed E-state index contributed by atoms with van der Waals surface area (Å²) in [6, 6.07) is 13.4. The Morgan fingerprint density at radius 3 is 2.00 bits per heavy atom. The molecule has 0 fully saturated rings. The van der Waals surface area contributed by atoms with Gasteiger partial charge in [-0.05, 0) is 42.5 Å². The lowest BCUT2D eigenvalue weighted by Crippen LogP contribution is -2.34. The molecule has 5 N–H and O–H groups in total. The van der Waals surface area contributed by atoms with Crippen molar-refractivity contribution in [2.24, 2.45) is 11.0 Å². The second-order valence-electron chi connectivity index (χ2n) is 7.13. The molecule has 0 aliphatic carbocycles. The number of hydrogen-bond acceptors (Lipinski definition) is 3. The van der Waals surface area contributed by atoms with Crippen LogP contribution in [-0.2, 0) is 0 Å². The van der Waals surface area contributed by atoms with E-state index in [1.54, 1.807) is 0 Å². The van der Waals surface area contributed by atoms with E-state index in [2.05, 4.69) is 21.3 Å². The fourth-order valence-electron chi connectivity index (χ4n) is 3.89. The summed E-state index contributed by atoms with van der Waals surface area (Å²) in [5, 5.41) is 16.5. The van der Waals surface area contributed by atoms with E-state index in [-0.39, 0.29) is 19.1 Å². The molecule has 0 unspecified atom stereocenters. The van der Waals surface area contributed by atoms with E-state index in [0.29, 0.717) is 15.8 Å². The second-order valence-corrected chi connectivity index (χ2v) is 8.00. The Hall–Kier alpha value is -3.49. The van der Waals surface area contributed by atoms with Crippen LogP contribution in [0.2, 0.25) is 10.0 Å². The number of guanidine groups is 1. The molecule has 5 aromatic rings. The van der Waals surface area contributed by atoms with Crippen LogP contribution >= 0.6 is 23.2 Å². The number of aromatic nitrogens is 2. The fraction of sp³-hybridized carbons (Fsp3) is 0.0952. The molecule has 10 heteroatoms. The molecular weight excluding hydrogens is 437 g/mol. The minimum atomic E-state index is -0.380. The molecule has 0 spiro atoms. The highest BCUT2D eigenvalue weighted by molar-refractivity contribution is 6.33. The number of rotatable bonds is 5. The first kappa shape index (κ1) is 19.5. The van der Waals surface area contributed by atoms with Crippen LogP contribution in [-0.4, -0.2) is 34.1 Å². The SMILES string of the molecule is [N-]=NN(CCOc1c2[nH]c3ccc(Cl)cc3c2cc2c1[nH]c1ccc(Cl)cc12)C(=N)N. The van der Waals surface area contributed by atoms with Gasteiger partial charge in [-0.15, -0.1) is 0 Å². The quantitative estimate of drug-likeness (QED) is 0.117. The predicted octanol–water partition coefficient (Wildman–Crippen LogP) is 5.77. The van der Waals surface area contributed by atoms with E-state index in [4.69, 9.17) is 44.6 Å². The highest BCUT2D eigenvalue weighted by Crippen LogP contribution is 2.41. The average molecular weight is 453 g/mol. The third kappa shape index (κ3) is 3.20. The van der Waals surface area contributed by atoms with E-state index in [1.807, 2.05) is 36.4 Å². The van der Waals surface area contributed by atoms with Gasteiger partial charge >= 0.3 is 0 Å². The first-order chi connectivity index (χ1) is 15.0. The molecule has 0 aliphatic rings. The summed E-state index contributed by atoms with van der Waals surface area (Å²) in [6.07, 6.45) is 0. The van der Waals surface area contributed by atoms with Crippen LogP contribution in [0.15, 0.2) is 47.7 Å². The van der Waals surface area contributed by atoms with Gasteiger partial charge < -0.3 is 31.0 Å². The van der Waals surface area contributed by atoms with Crippen LogP contribution < -0.4 is 10.5 Å². The third-order valence-electron chi connectivity index (χ3n) is 5.28. The minimum Gasteiger partial charge on any atom is -0.489 e. The van der Waals surface area contributed by atoms with Crippen LogP contribution in [0.4, 0.5) is 0 Å². The van der Waals surface area contributed by atoms with Gasteiger partial charge in [-0.3, -0.25) is 10.6 Å². The maximum Gasteiger partial charge on any atom is 0.167 e. The summed E-state index contributed by atoms with van der Waals surface area (Å²) in [5.41, 5.74) is 17.9. The summed E-state index contributed by atoms with van der Waals surface area (Å²) < 4.78 is 6.14. The number of aromatic amines is 2. The zero-order valence-corrected chi connectivity index (χ0v) is 17.6. The molecule has 2 heterocycles. The van der Waals surface area contributed by atoms with Crippen molar-refractivity contribution in [3.8, 4) is 5.75 Å². The van der Waals surface area contributed by atoms with E-state index in [1.165, 1.54) is 0 Å². The van der Waals surface area contributed by atoms with Crippen molar-refractivity contribution in [2.75, 3.05) is 13.2 Å². The number of hydrogen-bond donors (Lipinski definition) is 4. The summed E-state index contributed by atoms with van der Waals surface area (Å²) in [6.45, 7) is 0.228. The molecule has 2 aromatic heterocycles. The molecule has 8 nitrogen and oxygen atoms in total. The van der Waals surface area contributed by atoms with Gasteiger partial charge in [-0.2, -0.15) is 0 Å². The van der Waals surface area contributed by atoms with Gasteiger partial charge in [0.25, 0.3) is 0 Å². The van der Waals surface area contributed by atoms with Crippen molar-refractivity contribution in [1.82, 2.24) is 15.0 Å². The normalized spacial score (nSPS) is 11.5. The number of halogens is 2. The topological polar surface area (TPSA) is 129 Å². The smallest absolute Gasteiger partial charge is 0.167 e. The summed E-state index contributed by atoms with van der Waals surface area (Å²) in [5.74, 6) is 0.226. The van der Waals surface area contributed by atoms with E-state index < -0.39 is 0 Å². The van der Waals surface area contributed by atoms with Gasteiger partial charge in [0.2, 0.25) is 0 Å². The number of fused-ring (bicyclic) bond motifs is 6. The Kier molecular flexibility index (Phi) is 4.60. The maximum atomic E-state index is 9.02. The summed E-state index contributed by atoms with van der Waals surface area (Å²) in [7, 11) is 0. The van der Waals surface area contributed by atoms with Gasteiger partial charge in [-0.1, -0.05) is 23.2 Å². The van der Waals surface area contributed by atoms with E-state index in [0.717, 1.165) is 48.6 Å². The Bertz CT molecular complexity index is 1410. The van der Waals surface area contributed by atoms with Crippen LogP contribution in [0.5, 0.6) is 5.75 Å². The van der Waals surface area contributed by atoms with Crippen molar-refractivity contribution in [3.05, 3.63) is 58.0 Å². The Labute approximate surface area is 185 Å². The number of nitrogens with one attached hydrogen (secondary N) is 3. The zero-order valence-electron chi connectivity index (χ0n) is 16.0. The van der Waals surface area contributed by atoms with Crippen molar-refractivity contribution in [3.63, 3.8) is 0 Å². The van der Waals surface area contributed by atoms with Crippen molar-refractivity contribution in [2.45, 2.75) is 0 Å². The van der Waals surface area contributed by atoms with E-state index >= 15 is 0 Å². The molecule has 0 saturated heterocycles. The molecule has 5 rings (SSSR count). The number of benzene rings is 3. The lowest BCUT2D eigenvalue weighted by molar-refractivity contribution is 0.273. The monoisotopic (exact) mass is 452 g/mol. The van der Waals surface area contributed by atoms with Crippen LogP contribution in [0.1, 0.15) is 0 Å². The van der Waals surface area contributed by atoms with Gasteiger partial charge in [-0.25, -0.2) is 0 Å². The molecule has 0 bridgehead atoms. The molecule has 156 valence electrons. The molecule has 0 saturated carbocycles. The van der Waals surface area contributed by atoms with Crippen LogP contribution in [0.25, 0.3) is 49.1 Å². The lowest BCUT2D eigenvalue weighted by Gasteiger charge is -2.23. The van der Waals surface area contributed by atoms with Gasteiger partial charge in [0.05, 0.1) is 17.6 Å². The molecule has 0 radical (unpaired) electrons. The lowest BCUT2D eigenvalue weighted by atomic mass is 10.1. The second kappa shape index (κ2) is 7.33. The van der Waals surface area contributed by atoms with Gasteiger partial charge in [0.1, 0.15) is 5.96 Å². The zero-order chi connectivity index (χ0) is 21.7. The van der Waals surface area contributed by atoms with Gasteiger partial charge in [0, 0.05) is 49.2 Å². The molecule has 31 heavy (non-hydrogen) atoms. The largest absolute Gasteiger partial charge is 0.489 e. The number of H-pyrrole nitrogens is 2. The molecule has 0 aliphatic heterocycles. The standard InChI is InChI=1S/C21H16Cl2N7O/c22-10-1-3-16-12(7-10)14-9-15-13-8-11(23)2-4-17(13)28-19(15)20(18(14)27-16)31-6-5-30(29-26)21(24)25/h1-4,7-9,27-28H,5-6H2,(H3,24,25)/q-1. The molecule has 3 aromatic carbocycles. The van der Waals surface area contributed by atoms with E-state index in [9.17, 15) is 0 Å². The highest BCUT2D eigenvalue weighted by atomic mass is 35.5. The Morgan fingerprint density at radius 2 is 1.52 bits per heavy atom. The molecule has 0 atom stereocenters. The summed E-state index contributed by atoms with van der Waals surface area (Å²) >= 11 is 12.5.